The Labute approximate surface area is 160 Å². The van der Waals surface area contributed by atoms with E-state index >= 15 is 0 Å². The molecule has 3 aromatic rings. The Morgan fingerprint density at radius 2 is 1.85 bits per heavy atom. The van der Waals surface area contributed by atoms with Gasteiger partial charge in [-0.2, -0.15) is 0 Å². The molecule has 1 amide bonds. The first kappa shape index (κ1) is 19.0. The first-order chi connectivity index (χ1) is 12.8. The van der Waals surface area contributed by atoms with E-state index in [1.807, 2.05) is 30.5 Å². The first-order valence-electron chi connectivity index (χ1n) is 8.31. The van der Waals surface area contributed by atoms with Crippen molar-refractivity contribution in [3.8, 4) is 0 Å². The van der Waals surface area contributed by atoms with Crippen molar-refractivity contribution in [1.29, 1.82) is 0 Å². The van der Waals surface area contributed by atoms with Crippen LogP contribution in [0.15, 0.2) is 45.1 Å². The summed E-state index contributed by atoms with van der Waals surface area (Å²) in [5.41, 5.74) is 0.501. The number of rotatable bonds is 5. The molecule has 0 radical (unpaired) electrons. The molecular formula is C18H21N5O3S. The summed E-state index contributed by atoms with van der Waals surface area (Å²) in [6.07, 6.45) is 3.48. The highest BCUT2D eigenvalue weighted by molar-refractivity contribution is 7.98. The molecule has 27 heavy (non-hydrogen) atoms. The van der Waals surface area contributed by atoms with Crippen molar-refractivity contribution in [2.75, 3.05) is 13.3 Å². The monoisotopic (exact) mass is 387 g/mol. The summed E-state index contributed by atoms with van der Waals surface area (Å²) < 4.78 is 3.79. The van der Waals surface area contributed by atoms with Gasteiger partial charge in [-0.1, -0.05) is 12.1 Å². The van der Waals surface area contributed by atoms with Crippen molar-refractivity contribution in [2.45, 2.75) is 18.0 Å². The summed E-state index contributed by atoms with van der Waals surface area (Å²) in [6.45, 7) is 0.0859. The van der Waals surface area contributed by atoms with Crippen LogP contribution >= 0.6 is 11.8 Å². The summed E-state index contributed by atoms with van der Waals surface area (Å²) >= 11 is 1.65. The maximum atomic E-state index is 12.7. The molecule has 0 bridgehead atoms. The Kier molecular flexibility index (Phi) is 5.22. The molecule has 2 aromatic heterocycles. The predicted molar refractivity (Wildman–Crippen MR) is 105 cm³/mol. The molecule has 0 fully saturated rings. The second kappa shape index (κ2) is 7.43. The Balaban J connectivity index is 1.86. The highest BCUT2D eigenvalue weighted by Crippen LogP contribution is 2.15. The molecule has 0 saturated heterocycles. The number of amides is 1. The topological polar surface area (TPSA) is 82.1 Å². The number of aryl methyl sites for hydroxylation is 2. The quantitative estimate of drug-likeness (QED) is 0.605. The molecule has 9 heteroatoms. The number of carbonyl (C=O) groups is 1. The van der Waals surface area contributed by atoms with Gasteiger partial charge in [0.05, 0.1) is 6.33 Å². The van der Waals surface area contributed by atoms with E-state index in [-0.39, 0.29) is 12.5 Å². The number of thioether (sulfide) groups is 1. The first-order valence-corrected chi connectivity index (χ1v) is 9.53. The van der Waals surface area contributed by atoms with Crippen LogP contribution in [0.3, 0.4) is 0 Å². The van der Waals surface area contributed by atoms with Gasteiger partial charge in [0.2, 0.25) is 5.91 Å². The van der Waals surface area contributed by atoms with Gasteiger partial charge in [0.25, 0.3) is 5.56 Å². The van der Waals surface area contributed by atoms with Gasteiger partial charge in [0.1, 0.15) is 6.54 Å². The number of fused-ring (bicyclic) bond motifs is 1. The maximum absolute atomic E-state index is 12.7. The molecule has 0 aliphatic heterocycles. The minimum atomic E-state index is -0.558. The molecule has 0 aliphatic rings. The lowest BCUT2D eigenvalue weighted by molar-refractivity contribution is -0.131. The van der Waals surface area contributed by atoms with Gasteiger partial charge in [-0.25, -0.2) is 14.3 Å². The zero-order valence-corrected chi connectivity index (χ0v) is 16.5. The largest absolute Gasteiger partial charge is 0.340 e. The standard InChI is InChI=1S/C18H21N5O3S/c1-20(9-12-5-7-13(27-4)8-6-12)14(24)10-23-17(25)15-16(19-11-21(15)2)22(3)18(23)26/h5-8,11H,9-10H2,1-4H3. The van der Waals surface area contributed by atoms with Crippen LogP contribution in [0, 0.1) is 0 Å². The third-order valence-corrected chi connectivity index (χ3v) is 5.24. The van der Waals surface area contributed by atoms with Crippen LogP contribution in [-0.4, -0.2) is 42.8 Å². The van der Waals surface area contributed by atoms with Gasteiger partial charge in [0, 0.05) is 32.6 Å². The van der Waals surface area contributed by atoms with E-state index in [2.05, 4.69) is 4.98 Å². The summed E-state index contributed by atoms with van der Waals surface area (Å²) in [6, 6.07) is 7.91. The van der Waals surface area contributed by atoms with E-state index in [0.29, 0.717) is 17.7 Å². The lowest BCUT2D eigenvalue weighted by Crippen LogP contribution is -2.43. The van der Waals surface area contributed by atoms with E-state index in [9.17, 15) is 14.4 Å². The van der Waals surface area contributed by atoms with Gasteiger partial charge in [0.15, 0.2) is 11.2 Å². The van der Waals surface area contributed by atoms with Crippen molar-refractivity contribution in [3.63, 3.8) is 0 Å². The summed E-state index contributed by atoms with van der Waals surface area (Å²) in [5.74, 6) is -0.315. The maximum Gasteiger partial charge on any atom is 0.332 e. The molecule has 0 spiro atoms. The van der Waals surface area contributed by atoms with Gasteiger partial charge in [-0.3, -0.25) is 14.2 Å². The predicted octanol–water partition coefficient (Wildman–Crippen LogP) is 0.814. The lowest BCUT2D eigenvalue weighted by Gasteiger charge is -2.18. The van der Waals surface area contributed by atoms with Crippen LogP contribution in [0.2, 0.25) is 0 Å². The number of nitrogens with zero attached hydrogens (tertiary/aromatic N) is 5. The molecule has 0 atom stereocenters. The van der Waals surface area contributed by atoms with E-state index in [4.69, 9.17) is 0 Å². The second-order valence-corrected chi connectivity index (χ2v) is 7.24. The normalized spacial score (nSPS) is 11.1. The minimum absolute atomic E-state index is 0.292. The van der Waals surface area contributed by atoms with E-state index in [1.165, 1.54) is 22.8 Å². The molecule has 0 unspecified atom stereocenters. The molecule has 142 valence electrons. The Morgan fingerprint density at radius 3 is 2.48 bits per heavy atom. The molecule has 3 rings (SSSR count). The zero-order chi connectivity index (χ0) is 19.7. The van der Waals surface area contributed by atoms with E-state index < -0.39 is 11.2 Å². The van der Waals surface area contributed by atoms with Crippen LogP contribution in [0.25, 0.3) is 11.2 Å². The van der Waals surface area contributed by atoms with Crippen molar-refractivity contribution in [2.24, 2.45) is 14.1 Å². The summed E-state index contributed by atoms with van der Waals surface area (Å²) in [4.78, 5) is 44.5. The molecule has 8 nitrogen and oxygen atoms in total. The highest BCUT2D eigenvalue weighted by atomic mass is 32.2. The van der Waals surface area contributed by atoms with Crippen LogP contribution in [0.1, 0.15) is 5.56 Å². The average Bonchev–Trinajstić information content (AvgIpc) is 3.05. The van der Waals surface area contributed by atoms with Gasteiger partial charge < -0.3 is 9.47 Å². The molecule has 1 aromatic carbocycles. The van der Waals surface area contributed by atoms with Crippen molar-refractivity contribution < 1.29 is 4.79 Å². The smallest absolute Gasteiger partial charge is 0.332 e. The Morgan fingerprint density at radius 1 is 1.19 bits per heavy atom. The zero-order valence-electron chi connectivity index (χ0n) is 15.7. The second-order valence-electron chi connectivity index (χ2n) is 6.36. The average molecular weight is 387 g/mol. The fourth-order valence-corrected chi connectivity index (χ4v) is 3.29. The number of likely N-dealkylation sites (N-methyl/N-ethyl adjacent to an activating group) is 1. The van der Waals surface area contributed by atoms with Crippen LogP contribution in [-0.2, 0) is 32.0 Å². The van der Waals surface area contributed by atoms with Crippen LogP contribution in [0.4, 0.5) is 0 Å². The Bertz CT molecular complexity index is 1110. The van der Waals surface area contributed by atoms with Crippen molar-refractivity contribution in [3.05, 3.63) is 57.0 Å². The van der Waals surface area contributed by atoms with Crippen LogP contribution in [0.5, 0.6) is 0 Å². The van der Waals surface area contributed by atoms with E-state index in [0.717, 1.165) is 15.0 Å². The van der Waals surface area contributed by atoms with Crippen molar-refractivity contribution in [1.82, 2.24) is 23.6 Å². The third-order valence-electron chi connectivity index (χ3n) is 4.50. The van der Waals surface area contributed by atoms with Crippen LogP contribution < -0.4 is 11.2 Å². The van der Waals surface area contributed by atoms with E-state index in [1.54, 1.807) is 30.4 Å². The molecule has 2 heterocycles. The van der Waals surface area contributed by atoms with Crippen molar-refractivity contribution >= 4 is 28.8 Å². The third kappa shape index (κ3) is 3.55. The number of carbonyl (C=O) groups excluding carboxylic acids is 1. The lowest BCUT2D eigenvalue weighted by atomic mass is 10.2. The fourth-order valence-electron chi connectivity index (χ4n) is 2.88. The van der Waals surface area contributed by atoms with Gasteiger partial charge >= 0.3 is 5.69 Å². The van der Waals surface area contributed by atoms with Gasteiger partial charge in [-0.05, 0) is 24.0 Å². The minimum Gasteiger partial charge on any atom is -0.340 e. The number of aromatic nitrogens is 4. The summed E-state index contributed by atoms with van der Waals surface area (Å²) in [5, 5.41) is 0. The number of benzene rings is 1. The number of hydrogen-bond acceptors (Lipinski definition) is 5. The van der Waals surface area contributed by atoms with Gasteiger partial charge in [-0.15, -0.1) is 11.8 Å². The molecule has 0 N–H and O–H groups in total. The number of imidazole rings is 1. The molecule has 0 saturated carbocycles. The molecule has 0 aliphatic carbocycles. The SMILES string of the molecule is CSc1ccc(CN(C)C(=O)Cn2c(=O)c3c(ncn3C)n(C)c2=O)cc1. The number of hydrogen-bond donors (Lipinski definition) is 0. The highest BCUT2D eigenvalue weighted by Gasteiger charge is 2.18. The Hall–Kier alpha value is -2.81. The molecular weight excluding hydrogens is 366 g/mol. The fraction of sp³-hybridized carbons (Fsp3) is 0.333. The summed E-state index contributed by atoms with van der Waals surface area (Å²) in [7, 11) is 4.87.